The third-order valence-electron chi connectivity index (χ3n) is 1.93. The van der Waals surface area contributed by atoms with Gasteiger partial charge in [-0.25, -0.2) is 0 Å². The van der Waals surface area contributed by atoms with Crippen molar-refractivity contribution in [2.45, 2.75) is 12.0 Å². The molecule has 1 aliphatic heterocycles. The lowest BCUT2D eigenvalue weighted by Gasteiger charge is -2.32. The van der Waals surface area contributed by atoms with Gasteiger partial charge in [0, 0.05) is 19.7 Å². The second-order valence-corrected chi connectivity index (χ2v) is 2.90. The van der Waals surface area contributed by atoms with Gasteiger partial charge in [-0.15, -0.1) is 0 Å². The van der Waals surface area contributed by atoms with Gasteiger partial charge in [0.2, 0.25) is 0 Å². The van der Waals surface area contributed by atoms with E-state index in [0.717, 1.165) is 6.42 Å². The van der Waals surface area contributed by atoms with Gasteiger partial charge in [0.05, 0.1) is 0 Å². The molecule has 0 aromatic carbocycles. The maximum atomic E-state index is 5.61. The van der Waals surface area contributed by atoms with Crippen LogP contribution < -0.4 is 0 Å². The number of allylic oxidation sites excluding steroid dienone is 2. The van der Waals surface area contributed by atoms with Crippen molar-refractivity contribution in [2.75, 3.05) is 7.05 Å². The lowest BCUT2D eigenvalue weighted by atomic mass is 10.0. The first-order valence-electron chi connectivity index (χ1n) is 3.76. The van der Waals surface area contributed by atoms with Gasteiger partial charge in [0.25, 0.3) is 0 Å². The van der Waals surface area contributed by atoms with E-state index in [4.69, 9.17) is 4.84 Å². The standard InChI is InChI=1S/C9H11NO/c1-10-8-4-7-9(11-10)5-2-3-6-9/h2-6,8H,7H2,1H3. The Morgan fingerprint density at radius 3 is 2.73 bits per heavy atom. The molecule has 2 aliphatic rings. The molecule has 58 valence electrons. The lowest BCUT2D eigenvalue weighted by molar-refractivity contribution is -0.171. The van der Waals surface area contributed by atoms with Crippen molar-refractivity contribution in [3.05, 3.63) is 36.6 Å². The first kappa shape index (κ1) is 6.68. The highest BCUT2D eigenvalue weighted by atomic mass is 16.7. The highest BCUT2D eigenvalue weighted by Crippen LogP contribution is 2.28. The Hall–Kier alpha value is -1.02. The minimum absolute atomic E-state index is 0.177. The van der Waals surface area contributed by atoms with Gasteiger partial charge in [-0.05, 0) is 12.2 Å². The fraction of sp³-hybridized carbons (Fsp3) is 0.333. The molecule has 0 saturated carbocycles. The van der Waals surface area contributed by atoms with Crippen LogP contribution in [0.25, 0.3) is 0 Å². The summed E-state index contributed by atoms with van der Waals surface area (Å²) in [6, 6.07) is 0. The van der Waals surface area contributed by atoms with E-state index in [0.29, 0.717) is 0 Å². The van der Waals surface area contributed by atoms with E-state index in [1.54, 1.807) is 5.06 Å². The summed E-state index contributed by atoms with van der Waals surface area (Å²) in [5.41, 5.74) is -0.177. The van der Waals surface area contributed by atoms with Crippen LogP contribution in [-0.2, 0) is 4.84 Å². The number of hydrogen-bond acceptors (Lipinski definition) is 2. The molecule has 1 aliphatic carbocycles. The smallest absolute Gasteiger partial charge is 0.136 e. The van der Waals surface area contributed by atoms with Crippen LogP contribution in [0.4, 0.5) is 0 Å². The summed E-state index contributed by atoms with van der Waals surface area (Å²) in [4.78, 5) is 5.61. The summed E-state index contributed by atoms with van der Waals surface area (Å²) in [7, 11) is 1.90. The Balaban J connectivity index is 2.22. The van der Waals surface area contributed by atoms with Crippen LogP contribution in [0.15, 0.2) is 36.6 Å². The van der Waals surface area contributed by atoms with Crippen molar-refractivity contribution >= 4 is 0 Å². The summed E-state index contributed by atoms with van der Waals surface area (Å²) < 4.78 is 0. The molecule has 0 aromatic heterocycles. The van der Waals surface area contributed by atoms with E-state index in [9.17, 15) is 0 Å². The van der Waals surface area contributed by atoms with Gasteiger partial charge < -0.3 is 0 Å². The molecule has 0 N–H and O–H groups in total. The Morgan fingerprint density at radius 2 is 2.09 bits per heavy atom. The van der Waals surface area contributed by atoms with E-state index in [1.165, 1.54) is 0 Å². The molecule has 0 bridgehead atoms. The molecular formula is C9H11NO. The van der Waals surface area contributed by atoms with Crippen molar-refractivity contribution in [1.82, 2.24) is 5.06 Å². The highest BCUT2D eigenvalue weighted by molar-refractivity contribution is 5.29. The van der Waals surface area contributed by atoms with E-state index in [-0.39, 0.29) is 5.60 Å². The Bertz CT molecular complexity index is 228. The molecule has 1 spiro atoms. The van der Waals surface area contributed by atoms with Crippen LogP contribution in [-0.4, -0.2) is 17.7 Å². The van der Waals surface area contributed by atoms with Gasteiger partial charge in [0.1, 0.15) is 5.60 Å². The zero-order chi connectivity index (χ0) is 7.73. The molecule has 2 nitrogen and oxygen atoms in total. The minimum atomic E-state index is -0.177. The van der Waals surface area contributed by atoms with Crippen molar-refractivity contribution < 1.29 is 4.84 Å². The molecule has 0 amide bonds. The number of hydroxylamine groups is 2. The normalized spacial score (nSPS) is 25.4. The van der Waals surface area contributed by atoms with Crippen molar-refractivity contribution in [1.29, 1.82) is 0 Å². The summed E-state index contributed by atoms with van der Waals surface area (Å²) in [5.74, 6) is 0. The minimum Gasteiger partial charge on any atom is -0.264 e. The van der Waals surface area contributed by atoms with E-state index in [2.05, 4.69) is 18.2 Å². The number of nitrogens with zero attached hydrogens (tertiary/aromatic N) is 1. The molecule has 0 fully saturated rings. The SMILES string of the molecule is CN1C=CCC2(C=CC=C2)O1. The van der Waals surface area contributed by atoms with Gasteiger partial charge in [-0.2, -0.15) is 0 Å². The third-order valence-corrected chi connectivity index (χ3v) is 1.93. The molecule has 2 heteroatoms. The van der Waals surface area contributed by atoms with Crippen LogP contribution in [0.3, 0.4) is 0 Å². The fourth-order valence-corrected chi connectivity index (χ4v) is 1.41. The summed E-state index contributed by atoms with van der Waals surface area (Å²) in [6.45, 7) is 0. The molecule has 2 rings (SSSR count). The second-order valence-electron chi connectivity index (χ2n) is 2.90. The van der Waals surface area contributed by atoms with E-state index >= 15 is 0 Å². The van der Waals surface area contributed by atoms with Crippen LogP contribution >= 0.6 is 0 Å². The molecule has 0 saturated heterocycles. The molecule has 0 atom stereocenters. The Morgan fingerprint density at radius 1 is 1.36 bits per heavy atom. The molecular weight excluding hydrogens is 138 g/mol. The predicted octanol–water partition coefficient (Wildman–Crippen LogP) is 1.63. The maximum Gasteiger partial charge on any atom is 0.136 e. The third kappa shape index (κ3) is 1.10. The van der Waals surface area contributed by atoms with Crippen LogP contribution in [0.5, 0.6) is 0 Å². The van der Waals surface area contributed by atoms with Crippen LogP contribution in [0.2, 0.25) is 0 Å². The highest BCUT2D eigenvalue weighted by Gasteiger charge is 2.29. The second kappa shape index (κ2) is 2.24. The lowest BCUT2D eigenvalue weighted by Crippen LogP contribution is -2.34. The number of rotatable bonds is 0. The first-order chi connectivity index (χ1) is 5.31. The van der Waals surface area contributed by atoms with E-state index in [1.807, 2.05) is 25.4 Å². The molecule has 11 heavy (non-hydrogen) atoms. The molecule has 1 heterocycles. The Labute approximate surface area is 66.4 Å². The summed E-state index contributed by atoms with van der Waals surface area (Å²) >= 11 is 0. The summed E-state index contributed by atoms with van der Waals surface area (Å²) in [6.07, 6.45) is 13.2. The molecule has 0 aromatic rings. The molecule has 0 radical (unpaired) electrons. The maximum absolute atomic E-state index is 5.61. The van der Waals surface area contributed by atoms with Crippen LogP contribution in [0, 0.1) is 0 Å². The Kier molecular flexibility index (Phi) is 1.36. The quantitative estimate of drug-likeness (QED) is 0.519. The van der Waals surface area contributed by atoms with Gasteiger partial charge in [0.15, 0.2) is 0 Å². The average Bonchev–Trinajstić information content (AvgIpc) is 2.37. The monoisotopic (exact) mass is 149 g/mol. The molecule has 0 unspecified atom stereocenters. The van der Waals surface area contributed by atoms with E-state index < -0.39 is 0 Å². The average molecular weight is 149 g/mol. The zero-order valence-corrected chi connectivity index (χ0v) is 6.53. The van der Waals surface area contributed by atoms with Crippen LogP contribution in [0.1, 0.15) is 6.42 Å². The van der Waals surface area contributed by atoms with Gasteiger partial charge in [-0.3, -0.25) is 9.90 Å². The predicted molar refractivity (Wildman–Crippen MR) is 43.6 cm³/mol. The largest absolute Gasteiger partial charge is 0.264 e. The topological polar surface area (TPSA) is 12.5 Å². The van der Waals surface area contributed by atoms with Crippen molar-refractivity contribution in [2.24, 2.45) is 0 Å². The first-order valence-corrected chi connectivity index (χ1v) is 3.76. The fourth-order valence-electron chi connectivity index (χ4n) is 1.41. The number of hydrogen-bond donors (Lipinski definition) is 0. The zero-order valence-electron chi connectivity index (χ0n) is 6.53. The summed E-state index contributed by atoms with van der Waals surface area (Å²) in [5, 5.41) is 1.74. The van der Waals surface area contributed by atoms with Gasteiger partial charge in [-0.1, -0.05) is 18.2 Å². The van der Waals surface area contributed by atoms with Gasteiger partial charge >= 0.3 is 0 Å². The van der Waals surface area contributed by atoms with Crippen molar-refractivity contribution in [3.8, 4) is 0 Å². The van der Waals surface area contributed by atoms with Crippen molar-refractivity contribution in [3.63, 3.8) is 0 Å².